The minimum absolute atomic E-state index is 0.0365. The van der Waals surface area contributed by atoms with Gasteiger partial charge in [-0.25, -0.2) is 0 Å². The highest BCUT2D eigenvalue weighted by Crippen LogP contribution is 2.37. The Morgan fingerprint density at radius 3 is 2.65 bits per heavy atom. The van der Waals surface area contributed by atoms with Crippen LogP contribution in [-0.4, -0.2) is 61.7 Å². The zero-order valence-corrected chi connectivity index (χ0v) is 19.1. The molecule has 0 aliphatic carbocycles. The number of rotatable bonds is 6. The number of hydrogen-bond donors (Lipinski definition) is 0. The molecule has 2 heterocycles. The van der Waals surface area contributed by atoms with Crippen LogP contribution in [0.5, 0.6) is 17.2 Å². The van der Waals surface area contributed by atoms with Gasteiger partial charge >= 0.3 is 0 Å². The average molecular weight is 445 g/mol. The van der Waals surface area contributed by atoms with Crippen molar-refractivity contribution in [1.29, 1.82) is 0 Å². The Morgan fingerprint density at radius 2 is 1.94 bits per heavy atom. The highest BCUT2D eigenvalue weighted by atomic mass is 35.5. The van der Waals surface area contributed by atoms with E-state index in [0.29, 0.717) is 35.2 Å². The molecule has 1 amide bonds. The quantitative estimate of drug-likeness (QED) is 0.673. The van der Waals surface area contributed by atoms with Crippen molar-refractivity contribution in [2.24, 2.45) is 0 Å². The summed E-state index contributed by atoms with van der Waals surface area (Å²) in [6.45, 7) is 8.52. The summed E-state index contributed by atoms with van der Waals surface area (Å²) in [4.78, 5) is 17.3. The molecule has 166 valence electrons. The molecule has 0 N–H and O–H groups in total. The predicted molar refractivity (Wildman–Crippen MR) is 121 cm³/mol. The fourth-order valence-corrected chi connectivity index (χ4v) is 4.34. The zero-order chi connectivity index (χ0) is 22.0. The molecule has 0 saturated carbocycles. The topological polar surface area (TPSA) is 51.2 Å². The van der Waals surface area contributed by atoms with Gasteiger partial charge in [0.15, 0.2) is 11.5 Å². The number of ether oxygens (including phenoxy) is 3. The van der Waals surface area contributed by atoms with Gasteiger partial charge in [-0.3, -0.25) is 9.69 Å². The van der Waals surface area contributed by atoms with Crippen molar-refractivity contribution in [3.05, 3.63) is 52.0 Å². The van der Waals surface area contributed by atoms with E-state index < -0.39 is 0 Å². The summed E-state index contributed by atoms with van der Waals surface area (Å²) in [6.07, 6.45) is 0.942. The third-order valence-electron chi connectivity index (χ3n) is 5.65. The Bertz CT molecular complexity index is 955. The molecule has 0 aromatic heterocycles. The molecule has 0 radical (unpaired) electrons. The summed E-state index contributed by atoms with van der Waals surface area (Å²) in [5.41, 5.74) is 3.10. The lowest BCUT2D eigenvalue weighted by molar-refractivity contribution is 0.0628. The molecule has 6 nitrogen and oxygen atoms in total. The van der Waals surface area contributed by atoms with Gasteiger partial charge in [-0.15, -0.1) is 0 Å². The first kappa shape index (κ1) is 21.8. The summed E-state index contributed by atoms with van der Waals surface area (Å²) in [7, 11) is 1.55. The molecule has 7 heteroatoms. The lowest BCUT2D eigenvalue weighted by Crippen LogP contribution is -2.48. The van der Waals surface area contributed by atoms with E-state index in [1.54, 1.807) is 19.2 Å². The van der Waals surface area contributed by atoms with Crippen molar-refractivity contribution in [1.82, 2.24) is 9.80 Å². The number of amides is 1. The lowest BCUT2D eigenvalue weighted by Gasteiger charge is -2.35. The van der Waals surface area contributed by atoms with Gasteiger partial charge in [0.05, 0.1) is 24.8 Å². The number of benzene rings is 2. The van der Waals surface area contributed by atoms with Gasteiger partial charge in [-0.1, -0.05) is 23.7 Å². The maximum atomic E-state index is 13.1. The molecule has 2 aliphatic heterocycles. The maximum absolute atomic E-state index is 13.1. The van der Waals surface area contributed by atoms with E-state index in [4.69, 9.17) is 25.8 Å². The number of piperazine rings is 1. The minimum Gasteiger partial charge on any atom is -0.493 e. The van der Waals surface area contributed by atoms with Gasteiger partial charge in [-0.05, 0) is 43.2 Å². The second-order valence-corrected chi connectivity index (χ2v) is 8.67. The first-order valence-corrected chi connectivity index (χ1v) is 11.1. The normalized spacial score (nSPS) is 16.2. The molecule has 0 spiro atoms. The molecular weight excluding hydrogens is 416 g/mol. The second-order valence-electron chi connectivity index (χ2n) is 8.26. The van der Waals surface area contributed by atoms with Crippen molar-refractivity contribution < 1.29 is 19.0 Å². The van der Waals surface area contributed by atoms with Crippen LogP contribution in [0.3, 0.4) is 0 Å². The Labute approximate surface area is 188 Å². The Balaban J connectivity index is 1.38. The Kier molecular flexibility index (Phi) is 6.58. The standard InChI is InChI=1S/C24H29ClN2O4/c1-16(2)31-23-20(25)13-19(14-22(23)29-3)24(28)27-9-7-26(8-10-27)15-17-4-5-21-18(12-17)6-11-30-21/h4-5,12-14,16H,6-11,15H2,1-3H3. The minimum atomic E-state index is -0.0424. The Morgan fingerprint density at radius 1 is 1.16 bits per heavy atom. The first-order chi connectivity index (χ1) is 14.9. The molecule has 4 rings (SSSR count). The van der Waals surface area contributed by atoms with Gasteiger partial charge < -0.3 is 19.1 Å². The number of nitrogens with zero attached hydrogens (tertiary/aromatic N) is 2. The summed E-state index contributed by atoms with van der Waals surface area (Å²) < 4.78 is 16.8. The van der Waals surface area contributed by atoms with Crippen LogP contribution >= 0.6 is 11.6 Å². The zero-order valence-electron chi connectivity index (χ0n) is 18.3. The van der Waals surface area contributed by atoms with Gasteiger partial charge in [0.1, 0.15) is 5.75 Å². The monoisotopic (exact) mass is 444 g/mol. The number of hydrogen-bond acceptors (Lipinski definition) is 5. The van der Waals surface area contributed by atoms with Crippen molar-refractivity contribution in [2.45, 2.75) is 32.9 Å². The fraction of sp³-hybridized carbons (Fsp3) is 0.458. The number of halogens is 1. The molecule has 2 aliphatic rings. The molecular formula is C24H29ClN2O4. The summed E-state index contributed by atoms with van der Waals surface area (Å²) in [5.74, 6) is 1.92. The van der Waals surface area contributed by atoms with E-state index in [-0.39, 0.29) is 12.0 Å². The molecule has 0 bridgehead atoms. The summed E-state index contributed by atoms with van der Waals surface area (Å²) >= 11 is 6.40. The van der Waals surface area contributed by atoms with Crippen molar-refractivity contribution in [2.75, 3.05) is 39.9 Å². The first-order valence-electron chi connectivity index (χ1n) is 10.7. The third-order valence-corrected chi connectivity index (χ3v) is 5.93. The smallest absolute Gasteiger partial charge is 0.254 e. The molecule has 0 unspecified atom stereocenters. The molecule has 1 fully saturated rings. The molecule has 0 atom stereocenters. The van der Waals surface area contributed by atoms with E-state index in [2.05, 4.69) is 23.1 Å². The number of fused-ring (bicyclic) bond motifs is 1. The van der Waals surface area contributed by atoms with E-state index in [0.717, 1.165) is 38.4 Å². The van der Waals surface area contributed by atoms with E-state index in [1.807, 2.05) is 18.7 Å². The van der Waals surface area contributed by atoms with Crippen LogP contribution in [0, 0.1) is 0 Å². The predicted octanol–water partition coefficient (Wildman–Crippen LogP) is 4.03. The van der Waals surface area contributed by atoms with Gasteiger partial charge in [0, 0.05) is 44.7 Å². The van der Waals surface area contributed by atoms with E-state index >= 15 is 0 Å². The summed E-state index contributed by atoms with van der Waals surface area (Å²) in [6, 6.07) is 9.83. The van der Waals surface area contributed by atoms with E-state index in [9.17, 15) is 4.79 Å². The maximum Gasteiger partial charge on any atom is 0.254 e. The van der Waals surface area contributed by atoms with E-state index in [1.165, 1.54) is 11.1 Å². The number of carbonyl (C=O) groups is 1. The number of carbonyl (C=O) groups excluding carboxylic acids is 1. The van der Waals surface area contributed by atoms with Crippen molar-refractivity contribution in [3.8, 4) is 17.2 Å². The molecule has 31 heavy (non-hydrogen) atoms. The highest BCUT2D eigenvalue weighted by molar-refractivity contribution is 6.32. The second kappa shape index (κ2) is 9.37. The van der Waals surface area contributed by atoms with Gasteiger partial charge in [0.2, 0.25) is 0 Å². The highest BCUT2D eigenvalue weighted by Gasteiger charge is 2.25. The Hall–Kier alpha value is -2.44. The van der Waals surface area contributed by atoms with Crippen molar-refractivity contribution >= 4 is 17.5 Å². The van der Waals surface area contributed by atoms with Crippen molar-refractivity contribution in [3.63, 3.8) is 0 Å². The average Bonchev–Trinajstić information content (AvgIpc) is 3.22. The molecule has 1 saturated heterocycles. The van der Waals surface area contributed by atoms with Crippen LogP contribution < -0.4 is 14.2 Å². The summed E-state index contributed by atoms with van der Waals surface area (Å²) in [5, 5.41) is 0.385. The number of methoxy groups -OCH3 is 1. The SMILES string of the molecule is COc1cc(C(=O)N2CCN(Cc3ccc4c(c3)CCO4)CC2)cc(Cl)c1OC(C)C. The molecule has 2 aromatic carbocycles. The van der Waals surface area contributed by atoms with Crippen LogP contribution in [0.2, 0.25) is 5.02 Å². The van der Waals surface area contributed by atoms with Crippen LogP contribution in [0.25, 0.3) is 0 Å². The lowest BCUT2D eigenvalue weighted by atomic mass is 10.1. The fourth-order valence-electron chi connectivity index (χ4n) is 4.08. The van der Waals surface area contributed by atoms with Gasteiger partial charge in [0.25, 0.3) is 5.91 Å². The van der Waals surface area contributed by atoms with Gasteiger partial charge in [-0.2, -0.15) is 0 Å². The third kappa shape index (κ3) is 4.91. The van der Waals surface area contributed by atoms with Crippen LogP contribution in [0.15, 0.2) is 30.3 Å². The van der Waals surface area contributed by atoms with Crippen LogP contribution in [0.1, 0.15) is 35.3 Å². The van der Waals surface area contributed by atoms with Crippen LogP contribution in [0.4, 0.5) is 0 Å². The van der Waals surface area contributed by atoms with Crippen LogP contribution in [-0.2, 0) is 13.0 Å². The largest absolute Gasteiger partial charge is 0.493 e. The molecule has 2 aromatic rings.